The number of hydrogen-bond acceptors (Lipinski definition) is 8. The Morgan fingerprint density at radius 1 is 0.809 bits per heavy atom. The lowest BCUT2D eigenvalue weighted by Crippen LogP contribution is -2.52. The van der Waals surface area contributed by atoms with Crippen LogP contribution >= 0.6 is 0 Å². The first-order chi connectivity index (χ1) is 22.3. The van der Waals surface area contributed by atoms with Gasteiger partial charge in [0.15, 0.2) is 0 Å². The van der Waals surface area contributed by atoms with Crippen LogP contribution in [0.25, 0.3) is 0 Å². The molecular formula is C31H44N6O10. The summed E-state index contributed by atoms with van der Waals surface area (Å²) in [5.74, 6) is -6.73. The van der Waals surface area contributed by atoms with Gasteiger partial charge in [-0.25, -0.2) is 4.79 Å². The van der Waals surface area contributed by atoms with E-state index in [0.29, 0.717) is 50.6 Å². The number of hydrogen-bond donors (Lipinski definition) is 8. The van der Waals surface area contributed by atoms with Gasteiger partial charge in [0.05, 0.1) is 13.1 Å². The number of unbranched alkanes of at least 4 members (excludes halogenated alkanes) is 1. The topological polar surface area (TPSA) is 263 Å². The molecule has 1 aliphatic rings. The van der Waals surface area contributed by atoms with Gasteiger partial charge in [0, 0.05) is 30.4 Å². The lowest BCUT2D eigenvalue weighted by atomic mass is 9.81. The molecule has 0 aromatic heterocycles. The van der Waals surface area contributed by atoms with Gasteiger partial charge in [0.25, 0.3) is 5.91 Å². The van der Waals surface area contributed by atoms with Crippen molar-refractivity contribution in [2.45, 2.75) is 76.8 Å². The smallest absolute Gasteiger partial charge is 0.326 e. The fourth-order valence-corrected chi connectivity index (χ4v) is 5.09. The summed E-state index contributed by atoms with van der Waals surface area (Å²) in [4.78, 5) is 96.4. The van der Waals surface area contributed by atoms with Crippen LogP contribution in [-0.2, 0) is 33.6 Å². The van der Waals surface area contributed by atoms with E-state index in [-0.39, 0.29) is 24.7 Å². The molecule has 0 spiro atoms. The molecule has 2 atom stereocenters. The number of carboxylic acids is 2. The van der Waals surface area contributed by atoms with Crippen LogP contribution in [0.4, 0.5) is 0 Å². The van der Waals surface area contributed by atoms with Gasteiger partial charge in [0.2, 0.25) is 29.5 Å². The minimum absolute atomic E-state index is 0.0604. The Kier molecular flexibility index (Phi) is 15.8. The van der Waals surface area contributed by atoms with Gasteiger partial charge in [-0.05, 0) is 70.4 Å². The summed E-state index contributed by atoms with van der Waals surface area (Å²) < 4.78 is 0. The number of benzene rings is 1. The zero-order valence-electron chi connectivity index (χ0n) is 26.3. The molecule has 2 unspecified atom stereocenters. The molecule has 0 saturated heterocycles. The van der Waals surface area contributed by atoms with Gasteiger partial charge in [-0.15, -0.1) is 0 Å². The highest BCUT2D eigenvalue weighted by Gasteiger charge is 2.29. The Hall–Kier alpha value is -5.02. The summed E-state index contributed by atoms with van der Waals surface area (Å²) >= 11 is 0. The normalized spacial score (nSPS) is 16.9. The molecule has 1 saturated carbocycles. The van der Waals surface area contributed by atoms with Gasteiger partial charge in [-0.2, -0.15) is 0 Å². The number of aliphatic carboxylic acids is 2. The van der Waals surface area contributed by atoms with Crippen LogP contribution in [0.5, 0.6) is 0 Å². The van der Waals surface area contributed by atoms with E-state index in [1.165, 1.54) is 0 Å². The maximum absolute atomic E-state index is 12.7. The summed E-state index contributed by atoms with van der Waals surface area (Å²) in [7, 11) is 0. The van der Waals surface area contributed by atoms with Crippen LogP contribution in [0.15, 0.2) is 24.3 Å². The molecule has 2 rings (SSSR count). The molecule has 0 radical (unpaired) electrons. The van der Waals surface area contributed by atoms with Crippen molar-refractivity contribution in [2.75, 3.05) is 19.6 Å². The summed E-state index contributed by atoms with van der Waals surface area (Å²) in [6, 6.07) is 4.45. The molecular weight excluding hydrogens is 616 g/mol. The number of carbonyl (C=O) groups is 8. The number of primary amides is 1. The van der Waals surface area contributed by atoms with Crippen molar-refractivity contribution >= 4 is 47.4 Å². The largest absolute Gasteiger partial charge is 0.481 e. The maximum Gasteiger partial charge on any atom is 0.326 e. The molecule has 1 fully saturated rings. The predicted molar refractivity (Wildman–Crippen MR) is 166 cm³/mol. The van der Waals surface area contributed by atoms with Crippen LogP contribution in [0.3, 0.4) is 0 Å². The third kappa shape index (κ3) is 14.3. The van der Waals surface area contributed by atoms with Crippen LogP contribution in [0.2, 0.25) is 0 Å². The third-order valence-corrected chi connectivity index (χ3v) is 7.76. The Balaban J connectivity index is 1.77. The molecule has 1 aromatic carbocycles. The highest BCUT2D eigenvalue weighted by atomic mass is 16.4. The molecule has 47 heavy (non-hydrogen) atoms. The van der Waals surface area contributed by atoms with E-state index in [1.54, 1.807) is 18.2 Å². The Bertz CT molecular complexity index is 1310. The molecule has 16 heteroatoms. The summed E-state index contributed by atoms with van der Waals surface area (Å²) in [6.07, 6.45) is 1.89. The molecule has 0 bridgehead atoms. The monoisotopic (exact) mass is 660 g/mol. The summed E-state index contributed by atoms with van der Waals surface area (Å²) in [5.41, 5.74) is 6.75. The maximum atomic E-state index is 12.7. The second kappa shape index (κ2) is 19.5. The van der Waals surface area contributed by atoms with Crippen molar-refractivity contribution in [2.24, 2.45) is 17.6 Å². The molecule has 16 nitrogen and oxygen atoms in total. The SMILES string of the molecule is Cc1cccc(C(=O)NCCCCC(NC(=O)CNC(=O)C(CCC(=O)O)NC(=O)CNC(=O)C2CCC(C(N)=O)CC2)C(=O)O)c1. The number of nitrogens with two attached hydrogens (primary N) is 1. The Morgan fingerprint density at radius 3 is 2.02 bits per heavy atom. The average Bonchev–Trinajstić information content (AvgIpc) is 3.03. The van der Waals surface area contributed by atoms with E-state index in [1.807, 2.05) is 13.0 Å². The highest BCUT2D eigenvalue weighted by Crippen LogP contribution is 2.28. The number of amides is 6. The first-order valence-electron chi connectivity index (χ1n) is 15.5. The minimum Gasteiger partial charge on any atom is -0.481 e. The van der Waals surface area contributed by atoms with Crippen LogP contribution in [0, 0.1) is 18.8 Å². The van der Waals surface area contributed by atoms with Crippen LogP contribution < -0.4 is 32.3 Å². The lowest BCUT2D eigenvalue weighted by molar-refractivity contribution is -0.142. The van der Waals surface area contributed by atoms with Gasteiger partial charge >= 0.3 is 11.9 Å². The van der Waals surface area contributed by atoms with Crippen molar-refractivity contribution in [3.05, 3.63) is 35.4 Å². The molecule has 258 valence electrons. The van der Waals surface area contributed by atoms with Crippen LogP contribution in [0.1, 0.15) is 73.7 Å². The standard InChI is InChI=1S/C31H44N6O10/c1-18-5-4-6-21(15-18)29(44)33-14-3-2-7-23(31(46)47)37-25(39)17-35-30(45)22(12-13-26(40)41)36-24(38)16-34-28(43)20-10-8-19(9-11-20)27(32)42/h4-6,15,19-20,22-23H,2-3,7-14,16-17H2,1H3,(H2,32,42)(H,33,44)(H,34,43)(H,35,45)(H,36,38)(H,37,39)(H,40,41)(H,46,47). The Labute approximate surface area is 272 Å². The van der Waals surface area contributed by atoms with Crippen molar-refractivity contribution in [1.29, 1.82) is 0 Å². The van der Waals surface area contributed by atoms with E-state index in [2.05, 4.69) is 26.6 Å². The zero-order chi connectivity index (χ0) is 34.9. The predicted octanol–water partition coefficient (Wildman–Crippen LogP) is -0.662. The number of aryl methyl sites for hydroxylation is 1. The molecule has 1 aliphatic carbocycles. The number of rotatable bonds is 19. The Morgan fingerprint density at radius 2 is 1.43 bits per heavy atom. The average molecular weight is 661 g/mol. The fraction of sp³-hybridized carbons (Fsp3) is 0.548. The van der Waals surface area contributed by atoms with Crippen molar-refractivity contribution in [3.8, 4) is 0 Å². The van der Waals surface area contributed by atoms with Gasteiger partial charge in [-0.3, -0.25) is 33.6 Å². The first-order valence-corrected chi connectivity index (χ1v) is 15.5. The molecule has 0 aliphatic heterocycles. The van der Waals surface area contributed by atoms with E-state index in [9.17, 15) is 43.5 Å². The second-order valence-corrected chi connectivity index (χ2v) is 11.5. The second-order valence-electron chi connectivity index (χ2n) is 11.5. The van der Waals surface area contributed by atoms with Crippen molar-refractivity contribution in [3.63, 3.8) is 0 Å². The van der Waals surface area contributed by atoms with Gasteiger partial charge in [0.1, 0.15) is 12.1 Å². The highest BCUT2D eigenvalue weighted by molar-refractivity contribution is 5.94. The molecule has 1 aromatic rings. The number of nitrogens with one attached hydrogen (secondary N) is 5. The van der Waals surface area contributed by atoms with Crippen molar-refractivity contribution < 1.29 is 48.6 Å². The van der Waals surface area contributed by atoms with E-state index < -0.39 is 79.0 Å². The van der Waals surface area contributed by atoms with Gasteiger partial charge in [-0.1, -0.05) is 17.7 Å². The summed E-state index contributed by atoms with van der Waals surface area (Å²) in [6.45, 7) is 1.04. The van der Waals surface area contributed by atoms with Crippen LogP contribution in [-0.4, -0.2) is 89.3 Å². The molecule has 0 heterocycles. The number of carbonyl (C=O) groups excluding carboxylic acids is 6. The zero-order valence-corrected chi connectivity index (χ0v) is 26.3. The van der Waals surface area contributed by atoms with Crippen molar-refractivity contribution in [1.82, 2.24) is 26.6 Å². The van der Waals surface area contributed by atoms with E-state index >= 15 is 0 Å². The summed E-state index contributed by atoms with van der Waals surface area (Å²) in [5, 5.41) is 30.7. The first kappa shape index (κ1) is 38.2. The quantitative estimate of drug-likeness (QED) is 0.0868. The molecule has 9 N–H and O–H groups in total. The van der Waals surface area contributed by atoms with E-state index in [0.717, 1.165) is 5.56 Å². The lowest BCUT2D eigenvalue weighted by Gasteiger charge is -2.25. The fourth-order valence-electron chi connectivity index (χ4n) is 5.09. The van der Waals surface area contributed by atoms with Gasteiger partial charge < -0.3 is 42.5 Å². The minimum atomic E-state index is -1.35. The van der Waals surface area contributed by atoms with E-state index in [4.69, 9.17) is 10.8 Å². The molecule has 6 amide bonds. The third-order valence-electron chi connectivity index (χ3n) is 7.76. The number of carboxylic acid groups (broad SMARTS) is 2.